The van der Waals surface area contributed by atoms with Gasteiger partial charge in [0, 0.05) is 21.9 Å². The third-order valence-corrected chi connectivity index (χ3v) is 4.89. The largest absolute Gasteiger partial charge is 0.227 e. The Morgan fingerprint density at radius 3 is 2.55 bits per heavy atom. The molecule has 3 aromatic rings. The molecule has 2 aromatic carbocycles. The lowest BCUT2D eigenvalue weighted by Gasteiger charge is -2.08. The van der Waals surface area contributed by atoms with Crippen LogP contribution in [0.1, 0.15) is 22.4 Å². The molecule has 0 bridgehead atoms. The van der Waals surface area contributed by atoms with E-state index < -0.39 is 0 Å². The third kappa shape index (κ3) is 3.26. The summed E-state index contributed by atoms with van der Waals surface area (Å²) >= 11 is 7.66. The summed E-state index contributed by atoms with van der Waals surface area (Å²) in [5, 5.41) is 2.71. The Morgan fingerprint density at radius 1 is 1.00 bits per heavy atom. The van der Waals surface area contributed by atoms with Crippen molar-refractivity contribution in [1.82, 2.24) is 9.97 Å². The molecule has 22 heavy (non-hydrogen) atoms. The van der Waals surface area contributed by atoms with Gasteiger partial charge in [0.15, 0.2) is 5.16 Å². The van der Waals surface area contributed by atoms with Gasteiger partial charge in [0.1, 0.15) is 0 Å². The number of aryl methyl sites for hydroxylation is 3. The topological polar surface area (TPSA) is 25.8 Å². The molecule has 4 heteroatoms. The van der Waals surface area contributed by atoms with Gasteiger partial charge >= 0.3 is 0 Å². The molecule has 0 aliphatic heterocycles. The monoisotopic (exact) mass is 328 g/mol. The number of thioether (sulfide) groups is 1. The van der Waals surface area contributed by atoms with Crippen LogP contribution in [-0.2, 0) is 5.75 Å². The molecule has 112 valence electrons. The van der Waals surface area contributed by atoms with Gasteiger partial charge in [-0.15, -0.1) is 0 Å². The lowest BCUT2D eigenvalue weighted by molar-refractivity contribution is 0.967. The normalized spacial score (nSPS) is 11.1. The minimum Gasteiger partial charge on any atom is -0.227 e. The van der Waals surface area contributed by atoms with E-state index in [0.717, 1.165) is 32.5 Å². The number of hydrogen-bond donors (Lipinski definition) is 0. The Bertz CT molecular complexity index is 846. The van der Waals surface area contributed by atoms with Crippen molar-refractivity contribution in [2.45, 2.75) is 31.7 Å². The van der Waals surface area contributed by atoms with Crippen LogP contribution in [0.2, 0.25) is 5.02 Å². The maximum absolute atomic E-state index is 6.02. The summed E-state index contributed by atoms with van der Waals surface area (Å²) in [5.74, 6) is 0.816. The fraction of sp³-hybridized carbons (Fsp3) is 0.222. The Hall–Kier alpha value is -1.58. The Kier molecular flexibility index (Phi) is 4.37. The highest BCUT2D eigenvalue weighted by atomic mass is 35.5. The van der Waals surface area contributed by atoms with Crippen LogP contribution in [0.3, 0.4) is 0 Å². The molecule has 1 aromatic heterocycles. The molecular formula is C18H17ClN2S. The fourth-order valence-electron chi connectivity index (χ4n) is 2.35. The van der Waals surface area contributed by atoms with Crippen molar-refractivity contribution < 1.29 is 0 Å². The molecule has 1 heterocycles. The smallest absolute Gasteiger partial charge is 0.188 e. The maximum atomic E-state index is 6.02. The second-order valence-electron chi connectivity index (χ2n) is 5.46. The van der Waals surface area contributed by atoms with Crippen LogP contribution in [0.25, 0.3) is 10.9 Å². The average Bonchev–Trinajstić information content (AvgIpc) is 2.47. The Morgan fingerprint density at radius 2 is 1.77 bits per heavy atom. The molecule has 0 fully saturated rings. The number of aromatic nitrogens is 2. The van der Waals surface area contributed by atoms with Crippen molar-refractivity contribution in [3.63, 3.8) is 0 Å². The first-order valence-electron chi connectivity index (χ1n) is 7.16. The third-order valence-electron chi connectivity index (χ3n) is 3.74. The van der Waals surface area contributed by atoms with Gasteiger partial charge in [0.2, 0.25) is 0 Å². The molecule has 0 aliphatic carbocycles. The number of halogens is 1. The second-order valence-corrected chi connectivity index (χ2v) is 6.84. The van der Waals surface area contributed by atoms with E-state index in [4.69, 9.17) is 16.6 Å². The summed E-state index contributed by atoms with van der Waals surface area (Å²) in [7, 11) is 0. The number of rotatable bonds is 3. The second kappa shape index (κ2) is 6.27. The Balaban J connectivity index is 1.90. The summed E-state index contributed by atoms with van der Waals surface area (Å²) in [5.41, 5.74) is 5.76. The van der Waals surface area contributed by atoms with E-state index in [2.05, 4.69) is 37.0 Å². The average molecular weight is 329 g/mol. The highest BCUT2D eigenvalue weighted by Crippen LogP contribution is 2.26. The van der Waals surface area contributed by atoms with E-state index in [1.807, 2.05) is 25.1 Å². The SMILES string of the molecule is Cc1cc2nc(SCc3cccc(Cl)c3)nc(C)c2cc1C. The van der Waals surface area contributed by atoms with Crippen molar-refractivity contribution in [1.29, 1.82) is 0 Å². The molecule has 0 unspecified atom stereocenters. The minimum absolute atomic E-state index is 0.764. The van der Waals surface area contributed by atoms with Crippen molar-refractivity contribution in [2.24, 2.45) is 0 Å². The van der Waals surface area contributed by atoms with Crippen LogP contribution < -0.4 is 0 Å². The van der Waals surface area contributed by atoms with E-state index in [1.165, 1.54) is 16.7 Å². The molecule has 0 spiro atoms. The summed E-state index contributed by atoms with van der Waals surface area (Å²) in [4.78, 5) is 9.32. The first kappa shape index (κ1) is 15.3. The van der Waals surface area contributed by atoms with Gasteiger partial charge in [0.25, 0.3) is 0 Å². The number of fused-ring (bicyclic) bond motifs is 1. The zero-order valence-corrected chi connectivity index (χ0v) is 14.4. The maximum Gasteiger partial charge on any atom is 0.188 e. The van der Waals surface area contributed by atoms with Gasteiger partial charge in [0.05, 0.1) is 5.52 Å². The molecule has 0 amide bonds. The predicted molar refractivity (Wildman–Crippen MR) is 94.8 cm³/mol. The summed E-state index contributed by atoms with van der Waals surface area (Å²) < 4.78 is 0. The molecular weight excluding hydrogens is 312 g/mol. The summed E-state index contributed by atoms with van der Waals surface area (Å²) in [6, 6.07) is 12.2. The van der Waals surface area contributed by atoms with Gasteiger partial charge in [-0.1, -0.05) is 35.5 Å². The van der Waals surface area contributed by atoms with E-state index >= 15 is 0 Å². The van der Waals surface area contributed by atoms with Crippen LogP contribution in [-0.4, -0.2) is 9.97 Å². The van der Waals surface area contributed by atoms with Crippen molar-refractivity contribution in [3.05, 3.63) is 63.8 Å². The minimum atomic E-state index is 0.764. The van der Waals surface area contributed by atoms with Gasteiger partial charge in [-0.3, -0.25) is 0 Å². The number of nitrogens with zero attached hydrogens (tertiary/aromatic N) is 2. The number of benzene rings is 2. The van der Waals surface area contributed by atoms with E-state index in [1.54, 1.807) is 11.8 Å². The lowest BCUT2D eigenvalue weighted by atomic mass is 10.1. The molecule has 0 N–H and O–H groups in total. The molecule has 0 aliphatic rings. The van der Waals surface area contributed by atoms with Crippen LogP contribution >= 0.6 is 23.4 Å². The van der Waals surface area contributed by atoms with Crippen LogP contribution in [0.4, 0.5) is 0 Å². The Labute approximate surface area is 139 Å². The van der Waals surface area contributed by atoms with Crippen LogP contribution in [0, 0.1) is 20.8 Å². The first-order valence-corrected chi connectivity index (χ1v) is 8.52. The predicted octanol–water partition coefficient (Wildman–Crippen LogP) is 5.50. The molecule has 0 radical (unpaired) electrons. The zero-order valence-electron chi connectivity index (χ0n) is 12.9. The highest BCUT2D eigenvalue weighted by molar-refractivity contribution is 7.98. The van der Waals surface area contributed by atoms with Gasteiger partial charge in [-0.2, -0.15) is 0 Å². The van der Waals surface area contributed by atoms with E-state index in [9.17, 15) is 0 Å². The standard InChI is InChI=1S/C18H17ClN2S/c1-11-7-16-13(3)20-18(21-17(16)8-12(11)2)22-10-14-5-4-6-15(19)9-14/h4-9H,10H2,1-3H3. The number of hydrogen-bond acceptors (Lipinski definition) is 3. The molecule has 3 rings (SSSR count). The zero-order chi connectivity index (χ0) is 15.7. The quantitative estimate of drug-likeness (QED) is 0.469. The summed E-state index contributed by atoms with van der Waals surface area (Å²) in [6.07, 6.45) is 0. The van der Waals surface area contributed by atoms with Gasteiger partial charge in [-0.25, -0.2) is 9.97 Å². The van der Waals surface area contributed by atoms with Crippen molar-refractivity contribution in [2.75, 3.05) is 0 Å². The highest BCUT2D eigenvalue weighted by Gasteiger charge is 2.07. The van der Waals surface area contributed by atoms with E-state index in [0.29, 0.717) is 0 Å². The molecule has 0 saturated heterocycles. The lowest BCUT2D eigenvalue weighted by Crippen LogP contribution is -1.95. The van der Waals surface area contributed by atoms with Crippen LogP contribution in [0.15, 0.2) is 41.6 Å². The molecule has 0 atom stereocenters. The van der Waals surface area contributed by atoms with E-state index in [-0.39, 0.29) is 0 Å². The molecule has 0 saturated carbocycles. The van der Waals surface area contributed by atoms with Crippen molar-refractivity contribution in [3.8, 4) is 0 Å². The summed E-state index contributed by atoms with van der Waals surface area (Å²) in [6.45, 7) is 6.28. The fourth-order valence-corrected chi connectivity index (χ4v) is 3.41. The van der Waals surface area contributed by atoms with Crippen molar-refractivity contribution >= 4 is 34.3 Å². The van der Waals surface area contributed by atoms with Crippen LogP contribution in [0.5, 0.6) is 0 Å². The molecule has 2 nitrogen and oxygen atoms in total. The van der Waals surface area contributed by atoms with Gasteiger partial charge < -0.3 is 0 Å². The van der Waals surface area contributed by atoms with Gasteiger partial charge in [-0.05, 0) is 61.7 Å². The first-order chi connectivity index (χ1) is 10.5.